The number of aryl methyl sites for hydroxylation is 1. The monoisotopic (exact) mass is 861 g/mol. The Bertz CT molecular complexity index is 2480. The third kappa shape index (κ3) is 11.5. The van der Waals surface area contributed by atoms with Crippen LogP contribution in [-0.4, -0.2) is 70.7 Å². The van der Waals surface area contributed by atoms with Crippen molar-refractivity contribution in [3.8, 4) is 28.1 Å². The molecule has 4 aromatic carbocycles. The number of carboxylic acids is 1. The number of halogens is 2. The summed E-state index contributed by atoms with van der Waals surface area (Å²) in [4.78, 5) is 20.3. The molecule has 0 saturated carbocycles. The van der Waals surface area contributed by atoms with Crippen molar-refractivity contribution in [3.05, 3.63) is 143 Å². The first-order valence-corrected chi connectivity index (χ1v) is 21.5. The van der Waals surface area contributed by atoms with E-state index in [9.17, 15) is 18.7 Å². The van der Waals surface area contributed by atoms with Crippen molar-refractivity contribution in [2.75, 3.05) is 37.8 Å². The molecule has 12 heteroatoms. The van der Waals surface area contributed by atoms with E-state index in [1.807, 2.05) is 136 Å². The van der Waals surface area contributed by atoms with Crippen LogP contribution < -0.4 is 9.64 Å². The second-order valence-corrected chi connectivity index (χ2v) is 17.5. The molecule has 7 rings (SSSR count). The summed E-state index contributed by atoms with van der Waals surface area (Å²) in [6, 6.07) is 31.1. The van der Waals surface area contributed by atoms with Gasteiger partial charge >= 0.3 is 5.97 Å². The van der Waals surface area contributed by atoms with Crippen LogP contribution in [0.5, 0.6) is 5.75 Å². The number of rotatable bonds is 18. The van der Waals surface area contributed by atoms with Crippen molar-refractivity contribution in [2.24, 2.45) is 0 Å². The molecule has 1 aliphatic heterocycles. The van der Waals surface area contributed by atoms with Gasteiger partial charge in [0, 0.05) is 42.0 Å². The quantitative estimate of drug-likeness (QED) is 0.0846. The van der Waals surface area contributed by atoms with Gasteiger partial charge in [-0.05, 0) is 94.8 Å². The molecule has 1 aliphatic rings. The highest BCUT2D eigenvalue weighted by Crippen LogP contribution is 2.40. The van der Waals surface area contributed by atoms with Crippen molar-refractivity contribution in [1.82, 2.24) is 9.38 Å². The number of piperidine rings is 1. The van der Waals surface area contributed by atoms with Crippen LogP contribution in [0.15, 0.2) is 109 Å². The van der Waals surface area contributed by atoms with Crippen LogP contribution in [0.25, 0.3) is 28.0 Å². The second kappa shape index (κ2) is 19.8. The molecule has 1 N–H and O–H groups in total. The summed E-state index contributed by atoms with van der Waals surface area (Å²) in [6.45, 7) is 14.7. The second-order valence-electron chi connectivity index (χ2n) is 17.5. The topological polar surface area (TPSA) is 104 Å². The van der Waals surface area contributed by atoms with Gasteiger partial charge in [0.15, 0.2) is 17.7 Å². The van der Waals surface area contributed by atoms with E-state index in [1.54, 1.807) is 0 Å². The molecule has 63 heavy (non-hydrogen) atoms. The third-order valence-electron chi connectivity index (χ3n) is 11.2. The number of aliphatic carboxylic acids is 1. The fourth-order valence-corrected chi connectivity index (χ4v) is 7.86. The van der Waals surface area contributed by atoms with Gasteiger partial charge in [-0.3, -0.25) is 4.40 Å². The predicted molar refractivity (Wildman–Crippen MR) is 240 cm³/mol. The SMILES string of the molecule is Cc1cc2nc(-c3cccc(-c4cc(F)c(F)cc4OCc4ccccc4)c3)cn2c(N2CCC(C)(OCCOC[C@@H](C)OCc3ccccc3)CC2)c1C(OC(C)(C)C)C(=O)O. The van der Waals surface area contributed by atoms with Crippen LogP contribution in [0.3, 0.4) is 0 Å². The zero-order valence-electron chi connectivity index (χ0n) is 36.9. The molecular weight excluding hydrogens is 805 g/mol. The number of pyridine rings is 1. The van der Waals surface area contributed by atoms with Gasteiger partial charge in [0.05, 0.1) is 49.4 Å². The molecule has 1 unspecified atom stereocenters. The molecular formula is C51H57F2N3O7. The summed E-state index contributed by atoms with van der Waals surface area (Å²) in [5.74, 6) is -2.19. The number of carbonyl (C=O) groups is 1. The van der Waals surface area contributed by atoms with E-state index >= 15 is 0 Å². The number of fused-ring (bicyclic) bond motifs is 1. The third-order valence-corrected chi connectivity index (χ3v) is 11.2. The van der Waals surface area contributed by atoms with Crippen LogP contribution in [0.1, 0.15) is 75.8 Å². The van der Waals surface area contributed by atoms with Gasteiger partial charge in [-0.1, -0.05) is 78.9 Å². The molecule has 0 aliphatic carbocycles. The molecule has 0 amide bonds. The maximum Gasteiger partial charge on any atom is 0.337 e. The number of hydrogen-bond acceptors (Lipinski definition) is 8. The number of ether oxygens (including phenoxy) is 5. The lowest BCUT2D eigenvalue weighted by Gasteiger charge is -2.41. The van der Waals surface area contributed by atoms with Gasteiger partial charge < -0.3 is 33.7 Å². The standard InChI is InChI=1S/C51H57F2N3O7/c1-34-26-45-54-43(39-19-13-18-38(27-39)40-28-41(52)42(53)29-44(40)61-33-37-16-11-8-12-17-37)30-56(45)48(46(34)47(49(57)58)63-50(3,4)5)55-22-20-51(6,21-23-55)62-25-24-59-31-35(2)60-32-36-14-9-7-10-15-36/h7-19,26-30,35,47H,20-25,31-33H2,1-6H3,(H,57,58)/t35-,47?/m1/s1. The molecule has 6 aromatic rings. The van der Waals surface area contributed by atoms with Crippen LogP contribution >= 0.6 is 0 Å². The molecule has 2 aromatic heterocycles. The Morgan fingerprint density at radius 3 is 2.17 bits per heavy atom. The lowest BCUT2D eigenvalue weighted by molar-refractivity contribution is -0.160. The van der Waals surface area contributed by atoms with Gasteiger partial charge in [0.1, 0.15) is 23.8 Å². The Morgan fingerprint density at radius 1 is 0.857 bits per heavy atom. The lowest BCUT2D eigenvalue weighted by atomic mass is 9.92. The van der Waals surface area contributed by atoms with Crippen LogP contribution in [-0.2, 0) is 37.0 Å². The molecule has 332 valence electrons. The van der Waals surface area contributed by atoms with Gasteiger partial charge in [-0.2, -0.15) is 0 Å². The highest BCUT2D eigenvalue weighted by molar-refractivity contribution is 5.80. The molecule has 0 bridgehead atoms. The lowest BCUT2D eigenvalue weighted by Crippen LogP contribution is -2.46. The highest BCUT2D eigenvalue weighted by atomic mass is 19.2. The van der Waals surface area contributed by atoms with E-state index in [0.717, 1.165) is 34.4 Å². The van der Waals surface area contributed by atoms with Crippen molar-refractivity contribution >= 4 is 17.4 Å². The maximum atomic E-state index is 14.8. The maximum absolute atomic E-state index is 14.8. The number of hydrogen-bond donors (Lipinski definition) is 1. The van der Waals surface area contributed by atoms with Gasteiger partial charge in [0.2, 0.25) is 0 Å². The average molecular weight is 862 g/mol. The van der Waals surface area contributed by atoms with Crippen molar-refractivity contribution in [2.45, 2.75) is 91.0 Å². The largest absolute Gasteiger partial charge is 0.488 e. The number of nitrogens with zero attached hydrogens (tertiary/aromatic N) is 3. The van der Waals surface area contributed by atoms with E-state index in [-0.39, 0.29) is 18.5 Å². The molecule has 2 atom stereocenters. The van der Waals surface area contributed by atoms with E-state index < -0.39 is 34.9 Å². The van der Waals surface area contributed by atoms with Gasteiger partial charge in [-0.15, -0.1) is 0 Å². The van der Waals surface area contributed by atoms with Gasteiger partial charge in [0.25, 0.3) is 0 Å². The Kier molecular flexibility index (Phi) is 14.3. The number of aromatic nitrogens is 2. The summed E-state index contributed by atoms with van der Waals surface area (Å²) < 4.78 is 62.0. The summed E-state index contributed by atoms with van der Waals surface area (Å²) in [5, 5.41) is 10.7. The van der Waals surface area contributed by atoms with E-state index in [4.69, 9.17) is 28.7 Å². The Morgan fingerprint density at radius 2 is 1.51 bits per heavy atom. The molecule has 1 fully saturated rings. The summed E-state index contributed by atoms with van der Waals surface area (Å²) in [6.07, 6.45) is 1.94. The van der Waals surface area contributed by atoms with Crippen molar-refractivity contribution in [3.63, 3.8) is 0 Å². The minimum Gasteiger partial charge on any atom is -0.488 e. The molecule has 3 heterocycles. The fourth-order valence-electron chi connectivity index (χ4n) is 7.86. The molecule has 0 spiro atoms. The zero-order valence-corrected chi connectivity index (χ0v) is 36.9. The molecule has 1 saturated heterocycles. The first-order valence-electron chi connectivity index (χ1n) is 21.5. The summed E-state index contributed by atoms with van der Waals surface area (Å²) >= 11 is 0. The fraction of sp³-hybridized carbons (Fsp3) is 0.373. The first kappa shape index (κ1) is 45.4. The van der Waals surface area contributed by atoms with Crippen LogP contribution in [0, 0.1) is 18.6 Å². The number of anilines is 1. The normalized spacial score (nSPS) is 15.1. The Hall–Kier alpha value is -5.66. The van der Waals surface area contributed by atoms with Crippen LogP contribution in [0.4, 0.5) is 14.6 Å². The zero-order chi connectivity index (χ0) is 44.7. The van der Waals surface area contributed by atoms with Gasteiger partial charge in [-0.25, -0.2) is 18.6 Å². The Labute approximate surface area is 368 Å². The molecule has 0 radical (unpaired) electrons. The first-order chi connectivity index (χ1) is 30.2. The summed E-state index contributed by atoms with van der Waals surface area (Å²) in [7, 11) is 0. The predicted octanol–water partition coefficient (Wildman–Crippen LogP) is 10.8. The minimum absolute atomic E-state index is 0.0640. The smallest absolute Gasteiger partial charge is 0.337 e. The number of benzene rings is 4. The van der Waals surface area contributed by atoms with E-state index in [0.29, 0.717) is 86.2 Å². The van der Waals surface area contributed by atoms with Crippen LogP contribution in [0.2, 0.25) is 0 Å². The number of imidazole rings is 1. The van der Waals surface area contributed by atoms with Crippen molar-refractivity contribution < 1.29 is 42.4 Å². The summed E-state index contributed by atoms with van der Waals surface area (Å²) in [5.41, 5.74) is 5.06. The minimum atomic E-state index is -1.26. The van der Waals surface area contributed by atoms with E-state index in [2.05, 4.69) is 11.8 Å². The average Bonchev–Trinajstić information content (AvgIpc) is 3.69. The number of carboxylic acid groups (broad SMARTS) is 1. The molecule has 10 nitrogen and oxygen atoms in total. The van der Waals surface area contributed by atoms with Crippen molar-refractivity contribution in [1.29, 1.82) is 0 Å². The Balaban J connectivity index is 1.13. The van der Waals surface area contributed by atoms with E-state index in [1.165, 1.54) is 0 Å². The highest BCUT2D eigenvalue weighted by Gasteiger charge is 2.37.